The van der Waals surface area contributed by atoms with Crippen LogP contribution in [0.4, 0.5) is 8.78 Å². The summed E-state index contributed by atoms with van der Waals surface area (Å²) in [5.74, 6) is -4.89. The number of hydrogen-bond acceptors (Lipinski definition) is 4. The van der Waals surface area contributed by atoms with E-state index in [-0.39, 0.29) is 24.8 Å². The lowest BCUT2D eigenvalue weighted by atomic mass is 10.1. The van der Waals surface area contributed by atoms with Crippen molar-refractivity contribution in [2.45, 2.75) is 24.2 Å². The molecule has 1 aromatic rings. The summed E-state index contributed by atoms with van der Waals surface area (Å²) in [6, 6.07) is 0.705. The number of phenolic OH excluding ortho intramolecular Hbond substituents is 1. The summed E-state index contributed by atoms with van der Waals surface area (Å²) in [5.41, 5.74) is -0.163. The van der Waals surface area contributed by atoms with Gasteiger partial charge in [0.15, 0.2) is 21.4 Å². The number of benzene rings is 1. The number of aryl methyl sites for hydroxylation is 1. The lowest BCUT2D eigenvalue weighted by Gasteiger charge is -2.09. The largest absolute Gasteiger partial charge is 0.505 e. The summed E-state index contributed by atoms with van der Waals surface area (Å²) in [5, 5.41) is 17.9. The molecule has 106 valence electrons. The molecule has 0 aliphatic carbocycles. The van der Waals surface area contributed by atoms with Crippen molar-refractivity contribution < 1.29 is 32.2 Å². The standard InChI is InChI=1S/C11H12F2O5S/c1-19(17,18)11-7(12)5-6(10(16)9(11)13)3-2-4-8(14)15/h5,16H,2-4H2,1H3,(H,14,15). The molecule has 2 N–H and O–H groups in total. The summed E-state index contributed by atoms with van der Waals surface area (Å²) in [6.07, 6.45) is 0.393. The zero-order valence-electron chi connectivity index (χ0n) is 9.98. The fourth-order valence-corrected chi connectivity index (χ4v) is 2.44. The molecule has 0 heterocycles. The van der Waals surface area contributed by atoms with Crippen molar-refractivity contribution in [3.63, 3.8) is 0 Å². The molecule has 0 saturated heterocycles. The van der Waals surface area contributed by atoms with Crippen LogP contribution in [0.15, 0.2) is 11.0 Å². The van der Waals surface area contributed by atoms with Crippen molar-refractivity contribution in [1.29, 1.82) is 0 Å². The fourth-order valence-electron chi connectivity index (χ4n) is 1.60. The first-order valence-corrected chi connectivity index (χ1v) is 7.15. The molecule has 0 amide bonds. The van der Waals surface area contributed by atoms with Crippen molar-refractivity contribution in [2.75, 3.05) is 6.26 Å². The first-order valence-electron chi connectivity index (χ1n) is 5.26. The highest BCUT2D eigenvalue weighted by Crippen LogP contribution is 2.30. The first kappa shape index (κ1) is 15.4. The summed E-state index contributed by atoms with van der Waals surface area (Å²) in [4.78, 5) is 9.12. The summed E-state index contributed by atoms with van der Waals surface area (Å²) >= 11 is 0. The highest BCUT2D eigenvalue weighted by molar-refractivity contribution is 7.90. The number of carboxylic acids is 1. The molecular formula is C11H12F2O5S. The topological polar surface area (TPSA) is 91.7 Å². The number of aliphatic carboxylic acids is 1. The van der Waals surface area contributed by atoms with Gasteiger partial charge in [-0.25, -0.2) is 17.2 Å². The minimum absolute atomic E-state index is 0.0694. The van der Waals surface area contributed by atoms with Crippen molar-refractivity contribution in [1.82, 2.24) is 0 Å². The van der Waals surface area contributed by atoms with E-state index in [0.29, 0.717) is 12.3 Å². The van der Waals surface area contributed by atoms with E-state index >= 15 is 0 Å². The minimum atomic E-state index is -4.14. The molecule has 0 aliphatic rings. The molecule has 19 heavy (non-hydrogen) atoms. The Labute approximate surface area is 108 Å². The van der Waals surface area contributed by atoms with Gasteiger partial charge in [0.2, 0.25) is 0 Å². The van der Waals surface area contributed by atoms with Crippen LogP contribution >= 0.6 is 0 Å². The number of carbonyl (C=O) groups is 1. The minimum Gasteiger partial charge on any atom is -0.505 e. The second-order valence-electron chi connectivity index (χ2n) is 4.03. The Hall–Kier alpha value is -1.70. The van der Waals surface area contributed by atoms with Crippen LogP contribution in [0.1, 0.15) is 18.4 Å². The Morgan fingerprint density at radius 2 is 1.95 bits per heavy atom. The highest BCUT2D eigenvalue weighted by atomic mass is 32.2. The zero-order valence-corrected chi connectivity index (χ0v) is 10.8. The van der Waals surface area contributed by atoms with Crippen LogP contribution in [-0.4, -0.2) is 30.9 Å². The predicted molar refractivity (Wildman–Crippen MR) is 61.7 cm³/mol. The lowest BCUT2D eigenvalue weighted by Crippen LogP contribution is -2.07. The van der Waals surface area contributed by atoms with Crippen LogP contribution in [0.5, 0.6) is 5.75 Å². The van der Waals surface area contributed by atoms with Gasteiger partial charge in [0.1, 0.15) is 10.7 Å². The van der Waals surface area contributed by atoms with Crippen molar-refractivity contribution in [2.24, 2.45) is 0 Å². The Morgan fingerprint density at radius 3 is 2.42 bits per heavy atom. The molecular weight excluding hydrogens is 282 g/mol. The average molecular weight is 294 g/mol. The van der Waals surface area contributed by atoms with E-state index in [9.17, 15) is 27.1 Å². The van der Waals surface area contributed by atoms with Gasteiger partial charge in [-0.1, -0.05) is 0 Å². The van der Waals surface area contributed by atoms with E-state index in [1.807, 2.05) is 0 Å². The van der Waals surface area contributed by atoms with Crippen LogP contribution in [0.3, 0.4) is 0 Å². The van der Waals surface area contributed by atoms with Gasteiger partial charge >= 0.3 is 5.97 Å². The predicted octanol–water partition coefficient (Wildman–Crippen LogP) is 1.48. The van der Waals surface area contributed by atoms with Crippen LogP contribution in [0.2, 0.25) is 0 Å². The SMILES string of the molecule is CS(=O)(=O)c1c(F)cc(CCCC(=O)O)c(O)c1F. The molecule has 0 fully saturated rings. The van der Waals surface area contributed by atoms with Crippen LogP contribution < -0.4 is 0 Å². The van der Waals surface area contributed by atoms with Crippen LogP contribution in [0, 0.1) is 11.6 Å². The van der Waals surface area contributed by atoms with Gasteiger partial charge in [0.25, 0.3) is 0 Å². The molecule has 1 rings (SSSR count). The normalized spacial score (nSPS) is 11.5. The summed E-state index contributed by atoms with van der Waals surface area (Å²) < 4.78 is 49.5. The van der Waals surface area contributed by atoms with Gasteiger partial charge < -0.3 is 10.2 Å². The van der Waals surface area contributed by atoms with Gasteiger partial charge in [-0.15, -0.1) is 0 Å². The number of phenols is 1. The van der Waals surface area contributed by atoms with Crippen molar-refractivity contribution >= 4 is 15.8 Å². The number of aromatic hydroxyl groups is 1. The van der Waals surface area contributed by atoms with E-state index in [1.54, 1.807) is 0 Å². The van der Waals surface area contributed by atoms with E-state index in [2.05, 4.69) is 0 Å². The van der Waals surface area contributed by atoms with Crippen LogP contribution in [0.25, 0.3) is 0 Å². The van der Waals surface area contributed by atoms with Crippen molar-refractivity contribution in [3.05, 3.63) is 23.3 Å². The molecule has 8 heteroatoms. The Morgan fingerprint density at radius 1 is 1.37 bits per heavy atom. The van der Waals surface area contributed by atoms with Crippen molar-refractivity contribution in [3.8, 4) is 5.75 Å². The third-order valence-electron chi connectivity index (χ3n) is 2.44. The maximum Gasteiger partial charge on any atom is 0.303 e. The second kappa shape index (κ2) is 5.52. The van der Waals surface area contributed by atoms with Gasteiger partial charge in [-0.05, 0) is 24.5 Å². The molecule has 0 aliphatic heterocycles. The third-order valence-corrected chi connectivity index (χ3v) is 3.55. The van der Waals surface area contributed by atoms with Gasteiger partial charge in [-0.2, -0.15) is 0 Å². The molecule has 0 spiro atoms. The molecule has 0 saturated carbocycles. The Balaban J connectivity index is 3.15. The third kappa shape index (κ3) is 3.63. The van der Waals surface area contributed by atoms with Gasteiger partial charge in [0, 0.05) is 12.7 Å². The van der Waals surface area contributed by atoms with E-state index in [1.165, 1.54) is 0 Å². The van der Waals surface area contributed by atoms with E-state index < -0.39 is 38.1 Å². The number of hydrogen-bond donors (Lipinski definition) is 2. The summed E-state index contributed by atoms with van der Waals surface area (Å²) in [7, 11) is -4.14. The zero-order chi connectivity index (χ0) is 14.8. The van der Waals surface area contributed by atoms with Gasteiger partial charge in [-0.3, -0.25) is 4.79 Å². The smallest absolute Gasteiger partial charge is 0.303 e. The number of sulfone groups is 1. The maximum atomic E-state index is 13.6. The second-order valence-corrected chi connectivity index (χ2v) is 5.98. The van der Waals surface area contributed by atoms with Crippen LogP contribution in [-0.2, 0) is 21.1 Å². The molecule has 0 aromatic heterocycles. The quantitative estimate of drug-likeness (QED) is 0.858. The molecule has 0 unspecified atom stereocenters. The van der Waals surface area contributed by atoms with Gasteiger partial charge in [0.05, 0.1) is 0 Å². The summed E-state index contributed by atoms with van der Waals surface area (Å²) in [6.45, 7) is 0. The number of carboxylic acid groups (broad SMARTS) is 1. The monoisotopic (exact) mass is 294 g/mol. The first-order chi connectivity index (χ1) is 8.64. The Kier molecular flexibility index (Phi) is 4.46. The number of rotatable bonds is 5. The van der Waals surface area contributed by atoms with E-state index in [4.69, 9.17) is 5.11 Å². The molecule has 0 radical (unpaired) electrons. The van der Waals surface area contributed by atoms with E-state index in [0.717, 1.165) is 0 Å². The highest BCUT2D eigenvalue weighted by Gasteiger charge is 2.25. The molecule has 1 aromatic carbocycles. The lowest BCUT2D eigenvalue weighted by molar-refractivity contribution is -0.137. The molecule has 5 nitrogen and oxygen atoms in total. The average Bonchev–Trinajstić information content (AvgIpc) is 2.22. The fraction of sp³-hybridized carbons (Fsp3) is 0.364. The molecule has 0 bridgehead atoms. The Bertz CT molecular complexity index is 610. The molecule has 0 atom stereocenters. The maximum absolute atomic E-state index is 13.6. The number of halogens is 2.